The zero-order valence-corrected chi connectivity index (χ0v) is 15.3. The first-order valence-electron chi connectivity index (χ1n) is 8.36. The highest BCUT2D eigenvalue weighted by Crippen LogP contribution is 2.23. The van der Waals surface area contributed by atoms with Crippen LogP contribution in [0.15, 0.2) is 5.16 Å². The molecule has 1 N–H and O–H groups in total. The quantitative estimate of drug-likeness (QED) is 0.362. The van der Waals surface area contributed by atoms with Gasteiger partial charge in [0.15, 0.2) is 0 Å². The van der Waals surface area contributed by atoms with Crippen LogP contribution in [0.4, 0.5) is 0 Å². The summed E-state index contributed by atoms with van der Waals surface area (Å²) in [6.07, 6.45) is 5.94. The molecule has 0 amide bonds. The van der Waals surface area contributed by atoms with Gasteiger partial charge in [0.25, 0.3) is 0 Å². The third kappa shape index (κ3) is 12.9. The molecule has 21 heavy (non-hydrogen) atoms. The number of aliphatic hydroxyl groups excluding tert-OH is 1. The van der Waals surface area contributed by atoms with Crippen LogP contribution >= 0.6 is 0 Å². The Morgan fingerprint density at radius 3 is 2.19 bits per heavy atom. The minimum absolute atomic E-state index is 0.00897. The van der Waals surface area contributed by atoms with E-state index in [9.17, 15) is 5.11 Å². The third-order valence-corrected chi connectivity index (χ3v) is 3.67. The Kier molecular flexibility index (Phi) is 9.19. The predicted octanol–water partition coefficient (Wildman–Crippen LogP) is 5.17. The van der Waals surface area contributed by atoms with Crippen molar-refractivity contribution in [1.29, 1.82) is 0 Å². The zero-order valence-electron chi connectivity index (χ0n) is 15.3. The summed E-state index contributed by atoms with van der Waals surface area (Å²) in [4.78, 5) is 5.36. The molecular formula is C18H37NO2. The molecule has 0 saturated heterocycles. The lowest BCUT2D eigenvalue weighted by atomic mass is 9.86. The van der Waals surface area contributed by atoms with Gasteiger partial charge in [-0.05, 0) is 49.9 Å². The van der Waals surface area contributed by atoms with E-state index >= 15 is 0 Å². The van der Waals surface area contributed by atoms with E-state index in [1.54, 1.807) is 0 Å². The van der Waals surface area contributed by atoms with Gasteiger partial charge in [0.05, 0.1) is 11.8 Å². The van der Waals surface area contributed by atoms with Gasteiger partial charge in [-0.1, -0.05) is 53.1 Å². The maximum Gasteiger partial charge on any atom is 0.117 e. The van der Waals surface area contributed by atoms with Gasteiger partial charge in [-0.2, -0.15) is 0 Å². The van der Waals surface area contributed by atoms with E-state index in [0.29, 0.717) is 12.0 Å². The van der Waals surface area contributed by atoms with Crippen molar-refractivity contribution in [2.24, 2.45) is 16.0 Å². The highest BCUT2D eigenvalue weighted by Gasteiger charge is 2.20. The Labute approximate surface area is 132 Å². The van der Waals surface area contributed by atoms with Crippen LogP contribution in [0.5, 0.6) is 0 Å². The van der Waals surface area contributed by atoms with Crippen LogP contribution in [0.25, 0.3) is 0 Å². The number of oxime groups is 1. The first-order valence-corrected chi connectivity index (χ1v) is 8.36. The minimum atomic E-state index is -0.212. The van der Waals surface area contributed by atoms with E-state index in [1.165, 1.54) is 0 Å². The summed E-state index contributed by atoms with van der Waals surface area (Å²) < 4.78 is 0. The van der Waals surface area contributed by atoms with Crippen LogP contribution in [-0.4, -0.2) is 23.5 Å². The predicted molar refractivity (Wildman–Crippen MR) is 91.7 cm³/mol. The summed E-state index contributed by atoms with van der Waals surface area (Å²) in [6.45, 7) is 15.7. The Morgan fingerprint density at radius 2 is 1.67 bits per heavy atom. The molecule has 0 saturated carbocycles. The molecule has 126 valence electrons. The molecule has 0 aromatic heterocycles. The Balaban J connectivity index is 3.60. The summed E-state index contributed by atoms with van der Waals surface area (Å²) >= 11 is 0. The number of hydrogen-bond donors (Lipinski definition) is 1. The average molecular weight is 299 g/mol. The number of aliphatic hydroxyl groups is 1. The van der Waals surface area contributed by atoms with Crippen molar-refractivity contribution in [2.75, 3.05) is 6.61 Å². The lowest BCUT2D eigenvalue weighted by Gasteiger charge is -2.25. The second kappa shape index (κ2) is 9.45. The lowest BCUT2D eigenvalue weighted by molar-refractivity contribution is 0.0524. The molecule has 0 aliphatic carbocycles. The largest absolute Gasteiger partial charge is 0.396 e. The lowest BCUT2D eigenvalue weighted by Crippen LogP contribution is -2.25. The van der Waals surface area contributed by atoms with E-state index in [0.717, 1.165) is 44.2 Å². The van der Waals surface area contributed by atoms with Crippen molar-refractivity contribution in [1.82, 2.24) is 0 Å². The van der Waals surface area contributed by atoms with Crippen molar-refractivity contribution in [2.45, 2.75) is 93.1 Å². The van der Waals surface area contributed by atoms with Crippen molar-refractivity contribution >= 4 is 5.71 Å². The van der Waals surface area contributed by atoms with Crippen LogP contribution in [-0.2, 0) is 4.84 Å². The SMILES string of the molecule is C/C(CCC(C)(C)C)=N\OCCCCCC(O)C(C)(C)C. The van der Waals surface area contributed by atoms with Crippen molar-refractivity contribution in [3.05, 3.63) is 0 Å². The molecule has 0 spiro atoms. The maximum absolute atomic E-state index is 9.93. The molecular weight excluding hydrogens is 262 g/mol. The van der Waals surface area contributed by atoms with E-state index in [-0.39, 0.29) is 11.5 Å². The molecule has 3 nitrogen and oxygen atoms in total. The van der Waals surface area contributed by atoms with Crippen molar-refractivity contribution in [3.8, 4) is 0 Å². The zero-order chi connectivity index (χ0) is 16.5. The van der Waals surface area contributed by atoms with Gasteiger partial charge in [0.2, 0.25) is 0 Å². The van der Waals surface area contributed by atoms with Crippen molar-refractivity contribution < 1.29 is 9.94 Å². The van der Waals surface area contributed by atoms with Crippen LogP contribution in [0.3, 0.4) is 0 Å². The molecule has 1 unspecified atom stereocenters. The minimum Gasteiger partial charge on any atom is -0.396 e. The van der Waals surface area contributed by atoms with Crippen LogP contribution < -0.4 is 0 Å². The fraction of sp³-hybridized carbons (Fsp3) is 0.944. The fourth-order valence-corrected chi connectivity index (χ4v) is 1.87. The summed E-state index contributed by atoms with van der Waals surface area (Å²) in [5.41, 5.74) is 1.42. The van der Waals surface area contributed by atoms with Gasteiger partial charge in [-0.15, -0.1) is 0 Å². The standard InChI is InChI=1S/C18H37NO2/c1-15(12-13-17(2,3)4)19-21-14-10-8-9-11-16(20)18(5,6)7/h16,20H,8-14H2,1-7H3/b19-15+. The molecule has 3 heteroatoms. The summed E-state index contributed by atoms with van der Waals surface area (Å²) in [5, 5.41) is 14.1. The first-order chi connectivity index (χ1) is 9.52. The third-order valence-electron chi connectivity index (χ3n) is 3.67. The average Bonchev–Trinajstić information content (AvgIpc) is 2.32. The van der Waals surface area contributed by atoms with Gasteiger partial charge in [-0.3, -0.25) is 0 Å². The highest BCUT2D eigenvalue weighted by molar-refractivity contribution is 5.81. The van der Waals surface area contributed by atoms with Crippen LogP contribution in [0.2, 0.25) is 0 Å². The van der Waals surface area contributed by atoms with Crippen LogP contribution in [0, 0.1) is 10.8 Å². The molecule has 0 fully saturated rings. The number of unbranched alkanes of at least 4 members (excludes halogenated alkanes) is 2. The molecule has 0 rings (SSSR count). The summed E-state index contributed by atoms with van der Waals surface area (Å²) in [6, 6.07) is 0. The van der Waals surface area contributed by atoms with Crippen LogP contribution in [0.1, 0.15) is 87.0 Å². The second-order valence-corrected chi connectivity index (χ2v) is 8.45. The monoisotopic (exact) mass is 299 g/mol. The molecule has 0 aromatic carbocycles. The summed E-state index contributed by atoms with van der Waals surface area (Å²) in [7, 11) is 0. The van der Waals surface area contributed by atoms with E-state index in [4.69, 9.17) is 4.84 Å². The molecule has 0 aromatic rings. The smallest absolute Gasteiger partial charge is 0.117 e. The Morgan fingerprint density at radius 1 is 1.05 bits per heavy atom. The Hall–Kier alpha value is -0.570. The molecule has 1 atom stereocenters. The molecule has 0 aliphatic heterocycles. The number of rotatable bonds is 9. The van der Waals surface area contributed by atoms with E-state index in [1.807, 2.05) is 6.92 Å². The Bertz CT molecular complexity index is 297. The van der Waals surface area contributed by atoms with Gasteiger partial charge >= 0.3 is 0 Å². The molecule has 0 aliphatic rings. The van der Waals surface area contributed by atoms with Gasteiger partial charge in [0, 0.05) is 0 Å². The second-order valence-electron chi connectivity index (χ2n) is 8.45. The number of hydrogen-bond acceptors (Lipinski definition) is 3. The molecule has 0 heterocycles. The van der Waals surface area contributed by atoms with Gasteiger partial charge < -0.3 is 9.94 Å². The normalized spacial score (nSPS) is 15.1. The van der Waals surface area contributed by atoms with E-state index in [2.05, 4.69) is 46.7 Å². The van der Waals surface area contributed by atoms with Crippen molar-refractivity contribution in [3.63, 3.8) is 0 Å². The fourth-order valence-electron chi connectivity index (χ4n) is 1.87. The molecule has 0 bridgehead atoms. The maximum atomic E-state index is 9.93. The summed E-state index contributed by atoms with van der Waals surface area (Å²) in [5.74, 6) is 0. The topological polar surface area (TPSA) is 41.8 Å². The first kappa shape index (κ1) is 20.4. The van der Waals surface area contributed by atoms with Gasteiger partial charge in [0.1, 0.15) is 6.61 Å². The van der Waals surface area contributed by atoms with Gasteiger partial charge in [-0.25, -0.2) is 0 Å². The number of nitrogens with zero attached hydrogens (tertiary/aromatic N) is 1. The highest BCUT2D eigenvalue weighted by atomic mass is 16.6. The molecule has 0 radical (unpaired) electrons. The van der Waals surface area contributed by atoms with E-state index < -0.39 is 0 Å².